The SMILES string of the molecule is CCCCNC(=O)[C@@H](C)N(Cc1cccc(C)c1)C(=O)CN(c1ccccc1OCC)S(=O)(=O)c1ccc(SC)cc1. The van der Waals surface area contributed by atoms with Crippen LogP contribution in [0.5, 0.6) is 5.75 Å². The first-order valence-corrected chi connectivity index (χ1v) is 16.8. The summed E-state index contributed by atoms with van der Waals surface area (Å²) in [4.78, 5) is 29.7. The van der Waals surface area contributed by atoms with Crippen molar-refractivity contribution in [3.05, 3.63) is 83.9 Å². The van der Waals surface area contributed by atoms with Gasteiger partial charge in [0.15, 0.2) is 0 Å². The smallest absolute Gasteiger partial charge is 0.264 e. The number of nitrogens with zero attached hydrogens (tertiary/aromatic N) is 2. The van der Waals surface area contributed by atoms with E-state index in [2.05, 4.69) is 5.32 Å². The Kier molecular flexibility index (Phi) is 12.3. The highest BCUT2D eigenvalue weighted by Gasteiger charge is 2.33. The number of carbonyl (C=O) groups excluding carboxylic acids is 2. The van der Waals surface area contributed by atoms with Gasteiger partial charge in [0, 0.05) is 18.0 Å². The van der Waals surface area contributed by atoms with Crippen molar-refractivity contribution in [2.75, 3.05) is 30.3 Å². The van der Waals surface area contributed by atoms with Gasteiger partial charge in [-0.3, -0.25) is 13.9 Å². The number of aryl methyl sites for hydroxylation is 1. The molecule has 0 bridgehead atoms. The van der Waals surface area contributed by atoms with Crippen molar-refractivity contribution in [2.45, 2.75) is 62.9 Å². The predicted octanol–water partition coefficient (Wildman–Crippen LogP) is 5.64. The molecule has 0 aliphatic rings. The van der Waals surface area contributed by atoms with E-state index in [4.69, 9.17) is 4.74 Å². The largest absolute Gasteiger partial charge is 0.492 e. The zero-order chi connectivity index (χ0) is 30.7. The highest BCUT2D eigenvalue weighted by atomic mass is 32.2. The fourth-order valence-corrected chi connectivity index (χ4v) is 6.29. The minimum atomic E-state index is -4.20. The highest BCUT2D eigenvalue weighted by molar-refractivity contribution is 7.98. The number of sulfonamides is 1. The van der Waals surface area contributed by atoms with Gasteiger partial charge in [-0.15, -0.1) is 11.8 Å². The maximum atomic E-state index is 14.1. The molecule has 3 aromatic carbocycles. The number of ether oxygens (including phenoxy) is 1. The van der Waals surface area contributed by atoms with Crippen LogP contribution in [0, 0.1) is 6.92 Å². The van der Waals surface area contributed by atoms with Gasteiger partial charge in [0.1, 0.15) is 18.3 Å². The molecular weight excluding hydrogens is 571 g/mol. The van der Waals surface area contributed by atoms with Gasteiger partial charge in [-0.05, 0) is 75.4 Å². The summed E-state index contributed by atoms with van der Waals surface area (Å²) >= 11 is 1.50. The quantitative estimate of drug-likeness (QED) is 0.176. The Labute approximate surface area is 254 Å². The average molecular weight is 612 g/mol. The normalized spacial score (nSPS) is 11.9. The lowest BCUT2D eigenvalue weighted by Gasteiger charge is -2.32. The number of nitrogens with one attached hydrogen (secondary N) is 1. The molecule has 0 heterocycles. The van der Waals surface area contributed by atoms with Crippen molar-refractivity contribution < 1.29 is 22.7 Å². The van der Waals surface area contributed by atoms with E-state index < -0.39 is 28.5 Å². The number of hydrogen-bond acceptors (Lipinski definition) is 6. The fourth-order valence-electron chi connectivity index (χ4n) is 4.45. The van der Waals surface area contributed by atoms with Crippen LogP contribution in [-0.2, 0) is 26.2 Å². The summed E-state index contributed by atoms with van der Waals surface area (Å²) in [5.74, 6) is -0.459. The topological polar surface area (TPSA) is 96.0 Å². The lowest BCUT2D eigenvalue weighted by atomic mass is 10.1. The number of thioether (sulfide) groups is 1. The first kappa shape index (κ1) is 33.0. The van der Waals surface area contributed by atoms with Crippen molar-refractivity contribution in [3.63, 3.8) is 0 Å². The number of carbonyl (C=O) groups is 2. The molecule has 0 aliphatic heterocycles. The summed E-state index contributed by atoms with van der Waals surface area (Å²) in [6.07, 6.45) is 3.65. The molecule has 42 heavy (non-hydrogen) atoms. The van der Waals surface area contributed by atoms with Gasteiger partial charge >= 0.3 is 0 Å². The van der Waals surface area contributed by atoms with Gasteiger partial charge in [-0.1, -0.05) is 55.3 Å². The van der Waals surface area contributed by atoms with Crippen molar-refractivity contribution in [3.8, 4) is 5.75 Å². The molecule has 10 heteroatoms. The molecule has 0 saturated carbocycles. The number of unbranched alkanes of at least 4 members (excludes halogenated alkanes) is 1. The summed E-state index contributed by atoms with van der Waals surface area (Å²) in [5, 5.41) is 2.91. The van der Waals surface area contributed by atoms with Gasteiger partial charge in [-0.25, -0.2) is 8.42 Å². The van der Waals surface area contributed by atoms with Crippen molar-refractivity contribution in [1.82, 2.24) is 10.2 Å². The third-order valence-corrected chi connectivity index (χ3v) is 9.31. The van der Waals surface area contributed by atoms with Crippen molar-refractivity contribution in [2.24, 2.45) is 0 Å². The second kappa shape index (κ2) is 15.7. The summed E-state index contributed by atoms with van der Waals surface area (Å²) in [7, 11) is -4.20. The zero-order valence-electron chi connectivity index (χ0n) is 25.0. The molecule has 3 aromatic rings. The molecule has 2 amide bonds. The second-order valence-electron chi connectivity index (χ2n) is 9.92. The van der Waals surface area contributed by atoms with Crippen molar-refractivity contribution >= 4 is 39.3 Å². The average Bonchev–Trinajstić information content (AvgIpc) is 2.99. The van der Waals surface area contributed by atoms with Gasteiger partial charge in [0.2, 0.25) is 11.8 Å². The molecule has 0 unspecified atom stereocenters. The highest BCUT2D eigenvalue weighted by Crippen LogP contribution is 2.33. The third-order valence-electron chi connectivity index (χ3n) is 6.79. The van der Waals surface area contributed by atoms with Crippen molar-refractivity contribution in [1.29, 1.82) is 0 Å². The Balaban J connectivity index is 2.06. The van der Waals surface area contributed by atoms with Crippen LogP contribution in [0.2, 0.25) is 0 Å². The number of benzene rings is 3. The number of amides is 2. The van der Waals surface area contributed by atoms with Crippen LogP contribution in [-0.4, -0.2) is 57.1 Å². The second-order valence-corrected chi connectivity index (χ2v) is 12.7. The molecule has 1 atom stereocenters. The lowest BCUT2D eigenvalue weighted by Crippen LogP contribution is -2.51. The Morgan fingerprint density at radius 2 is 1.71 bits per heavy atom. The lowest BCUT2D eigenvalue weighted by molar-refractivity contribution is -0.139. The van der Waals surface area contributed by atoms with E-state index in [0.29, 0.717) is 18.9 Å². The molecule has 3 rings (SSSR count). The van der Waals surface area contributed by atoms with Crippen LogP contribution in [0.1, 0.15) is 44.7 Å². The molecule has 0 spiro atoms. The molecule has 0 saturated heterocycles. The number of anilines is 1. The molecule has 0 aliphatic carbocycles. The number of hydrogen-bond donors (Lipinski definition) is 1. The Bertz CT molecular complexity index is 1440. The van der Waals surface area contributed by atoms with E-state index in [1.807, 2.05) is 51.3 Å². The van der Waals surface area contributed by atoms with E-state index in [-0.39, 0.29) is 23.0 Å². The Hall–Kier alpha value is -3.50. The van der Waals surface area contributed by atoms with Gasteiger partial charge < -0.3 is 15.0 Å². The van der Waals surface area contributed by atoms with Gasteiger partial charge in [0.05, 0.1) is 17.2 Å². The predicted molar refractivity (Wildman–Crippen MR) is 169 cm³/mol. The Morgan fingerprint density at radius 1 is 1.00 bits per heavy atom. The molecule has 0 radical (unpaired) electrons. The summed E-state index contributed by atoms with van der Waals surface area (Å²) < 4.78 is 35.1. The van der Waals surface area contributed by atoms with E-state index in [1.165, 1.54) is 28.8 Å². The van der Waals surface area contributed by atoms with Gasteiger partial charge in [0.25, 0.3) is 10.0 Å². The first-order valence-electron chi connectivity index (χ1n) is 14.1. The molecule has 0 fully saturated rings. The fraction of sp³-hybridized carbons (Fsp3) is 0.375. The van der Waals surface area contributed by atoms with Crippen LogP contribution in [0.3, 0.4) is 0 Å². The first-order chi connectivity index (χ1) is 20.1. The molecular formula is C32H41N3O5S2. The number of rotatable bonds is 15. The Morgan fingerprint density at radius 3 is 2.36 bits per heavy atom. The summed E-state index contributed by atoms with van der Waals surface area (Å²) in [5.41, 5.74) is 2.11. The number of para-hydroxylation sites is 2. The maximum Gasteiger partial charge on any atom is 0.264 e. The van der Waals surface area contributed by atoms with Gasteiger partial charge in [-0.2, -0.15) is 0 Å². The van der Waals surface area contributed by atoms with E-state index >= 15 is 0 Å². The molecule has 0 aromatic heterocycles. The monoisotopic (exact) mass is 611 g/mol. The van der Waals surface area contributed by atoms with Crippen LogP contribution in [0.4, 0.5) is 5.69 Å². The molecule has 8 nitrogen and oxygen atoms in total. The van der Waals surface area contributed by atoms with Crippen LogP contribution < -0.4 is 14.4 Å². The maximum absolute atomic E-state index is 14.1. The van der Waals surface area contributed by atoms with Crippen LogP contribution in [0.25, 0.3) is 0 Å². The summed E-state index contributed by atoms with van der Waals surface area (Å²) in [6.45, 7) is 7.91. The minimum Gasteiger partial charge on any atom is -0.492 e. The van der Waals surface area contributed by atoms with E-state index in [0.717, 1.165) is 33.2 Å². The van der Waals surface area contributed by atoms with Crippen LogP contribution >= 0.6 is 11.8 Å². The zero-order valence-corrected chi connectivity index (χ0v) is 26.6. The standard InChI is InChI=1S/C32H41N3O5S2/c1-6-8-20-33-32(37)25(4)34(22-26-13-11-12-24(3)21-26)31(36)23-35(29-14-9-10-15-30(29)40-7-2)42(38,39)28-18-16-27(41-5)17-19-28/h9-19,21,25H,6-8,20,22-23H2,1-5H3,(H,33,37)/t25-/m1/s1. The minimum absolute atomic E-state index is 0.0509. The third kappa shape index (κ3) is 8.51. The van der Waals surface area contributed by atoms with E-state index in [9.17, 15) is 18.0 Å². The summed E-state index contributed by atoms with van der Waals surface area (Å²) in [6, 6.07) is 20.2. The molecule has 226 valence electrons. The van der Waals surface area contributed by atoms with Crippen LogP contribution in [0.15, 0.2) is 82.6 Å². The van der Waals surface area contributed by atoms with E-state index in [1.54, 1.807) is 43.3 Å². The molecule has 1 N–H and O–H groups in total.